The standard InChI is InChI=1S/C15H25NO2/c1-12(2)18-14-9-8-13(11-15(14)17-5)7-6-10-16(3)4/h8-9,11-12H,6-7,10H2,1-5H3. The Morgan fingerprint density at radius 1 is 1.17 bits per heavy atom. The first-order valence-electron chi connectivity index (χ1n) is 6.51. The van der Waals surface area contributed by atoms with Gasteiger partial charge in [-0.3, -0.25) is 0 Å². The first-order valence-corrected chi connectivity index (χ1v) is 6.51. The van der Waals surface area contributed by atoms with Crippen molar-refractivity contribution in [3.05, 3.63) is 23.8 Å². The van der Waals surface area contributed by atoms with Gasteiger partial charge in [0.15, 0.2) is 11.5 Å². The second-order valence-corrected chi connectivity index (χ2v) is 5.06. The Kier molecular flexibility index (Phi) is 5.99. The molecule has 0 aliphatic carbocycles. The largest absolute Gasteiger partial charge is 0.493 e. The van der Waals surface area contributed by atoms with Crippen LogP contribution in [0.4, 0.5) is 0 Å². The van der Waals surface area contributed by atoms with Crippen molar-refractivity contribution in [2.24, 2.45) is 0 Å². The second-order valence-electron chi connectivity index (χ2n) is 5.06. The van der Waals surface area contributed by atoms with Crippen LogP contribution >= 0.6 is 0 Å². The van der Waals surface area contributed by atoms with Crippen molar-refractivity contribution in [3.8, 4) is 11.5 Å². The number of hydrogen-bond acceptors (Lipinski definition) is 3. The molecule has 3 nitrogen and oxygen atoms in total. The normalized spacial score (nSPS) is 11.1. The number of methoxy groups -OCH3 is 1. The van der Waals surface area contributed by atoms with Gasteiger partial charge in [-0.15, -0.1) is 0 Å². The van der Waals surface area contributed by atoms with Crippen LogP contribution in [0.3, 0.4) is 0 Å². The molecule has 0 unspecified atom stereocenters. The SMILES string of the molecule is COc1cc(CCCN(C)C)ccc1OC(C)C. The predicted molar refractivity (Wildman–Crippen MR) is 75.6 cm³/mol. The van der Waals surface area contributed by atoms with E-state index in [1.807, 2.05) is 19.9 Å². The van der Waals surface area contributed by atoms with Crippen LogP contribution in [0, 0.1) is 0 Å². The lowest BCUT2D eigenvalue weighted by Crippen LogP contribution is -2.13. The van der Waals surface area contributed by atoms with Crippen LogP contribution in [0.25, 0.3) is 0 Å². The Balaban J connectivity index is 2.66. The molecule has 0 radical (unpaired) electrons. The maximum Gasteiger partial charge on any atom is 0.161 e. The Labute approximate surface area is 111 Å². The average molecular weight is 251 g/mol. The highest BCUT2D eigenvalue weighted by Gasteiger charge is 2.07. The number of nitrogens with zero attached hydrogens (tertiary/aromatic N) is 1. The summed E-state index contributed by atoms with van der Waals surface area (Å²) in [6, 6.07) is 6.20. The molecular formula is C15H25NO2. The summed E-state index contributed by atoms with van der Waals surface area (Å²) in [4.78, 5) is 2.20. The van der Waals surface area contributed by atoms with Crippen LogP contribution < -0.4 is 9.47 Å². The third kappa shape index (κ3) is 4.96. The highest BCUT2D eigenvalue weighted by Crippen LogP contribution is 2.29. The van der Waals surface area contributed by atoms with Gasteiger partial charge in [0.2, 0.25) is 0 Å². The molecule has 1 rings (SSSR count). The minimum Gasteiger partial charge on any atom is -0.493 e. The highest BCUT2D eigenvalue weighted by atomic mass is 16.5. The van der Waals surface area contributed by atoms with E-state index in [9.17, 15) is 0 Å². The van der Waals surface area contributed by atoms with Crippen LogP contribution in [-0.2, 0) is 6.42 Å². The number of ether oxygens (including phenoxy) is 2. The molecule has 18 heavy (non-hydrogen) atoms. The lowest BCUT2D eigenvalue weighted by Gasteiger charge is -2.15. The minimum atomic E-state index is 0.165. The van der Waals surface area contributed by atoms with Crippen molar-refractivity contribution in [1.29, 1.82) is 0 Å². The van der Waals surface area contributed by atoms with E-state index in [4.69, 9.17) is 9.47 Å². The van der Waals surface area contributed by atoms with E-state index in [2.05, 4.69) is 31.1 Å². The van der Waals surface area contributed by atoms with Crippen LogP contribution in [-0.4, -0.2) is 38.8 Å². The number of aryl methyl sites for hydroxylation is 1. The van der Waals surface area contributed by atoms with Crippen molar-refractivity contribution >= 4 is 0 Å². The van der Waals surface area contributed by atoms with Crippen LogP contribution in [0.5, 0.6) is 11.5 Å². The summed E-state index contributed by atoms with van der Waals surface area (Å²) >= 11 is 0. The van der Waals surface area contributed by atoms with Crippen molar-refractivity contribution in [3.63, 3.8) is 0 Å². The van der Waals surface area contributed by atoms with Gasteiger partial charge in [0.1, 0.15) is 0 Å². The lowest BCUT2D eigenvalue weighted by atomic mass is 10.1. The van der Waals surface area contributed by atoms with E-state index in [-0.39, 0.29) is 6.10 Å². The fourth-order valence-corrected chi connectivity index (χ4v) is 1.82. The molecule has 0 aliphatic rings. The fourth-order valence-electron chi connectivity index (χ4n) is 1.82. The average Bonchev–Trinajstić information content (AvgIpc) is 2.29. The smallest absolute Gasteiger partial charge is 0.161 e. The van der Waals surface area contributed by atoms with Gasteiger partial charge in [-0.05, 0) is 65.0 Å². The van der Waals surface area contributed by atoms with E-state index in [1.165, 1.54) is 5.56 Å². The van der Waals surface area contributed by atoms with Gasteiger partial charge in [0, 0.05) is 0 Å². The number of benzene rings is 1. The Bertz CT molecular complexity index is 362. The molecule has 0 fully saturated rings. The molecule has 0 aliphatic heterocycles. The van der Waals surface area contributed by atoms with Gasteiger partial charge in [-0.25, -0.2) is 0 Å². The molecule has 0 aromatic heterocycles. The lowest BCUT2D eigenvalue weighted by molar-refractivity contribution is 0.230. The van der Waals surface area contributed by atoms with Crippen molar-refractivity contribution < 1.29 is 9.47 Å². The maximum atomic E-state index is 5.70. The van der Waals surface area contributed by atoms with Gasteiger partial charge in [0.05, 0.1) is 13.2 Å². The number of hydrogen-bond donors (Lipinski definition) is 0. The molecule has 102 valence electrons. The number of rotatable bonds is 7. The van der Waals surface area contributed by atoms with Gasteiger partial charge in [-0.2, -0.15) is 0 Å². The summed E-state index contributed by atoms with van der Waals surface area (Å²) in [6.45, 7) is 5.14. The molecule has 0 heterocycles. The van der Waals surface area contributed by atoms with E-state index in [0.717, 1.165) is 30.9 Å². The van der Waals surface area contributed by atoms with Crippen LogP contribution in [0.15, 0.2) is 18.2 Å². The molecule has 0 saturated heterocycles. The molecule has 3 heteroatoms. The molecule has 0 bridgehead atoms. The maximum absolute atomic E-state index is 5.70. The summed E-state index contributed by atoms with van der Waals surface area (Å²) < 4.78 is 11.1. The zero-order valence-corrected chi connectivity index (χ0v) is 12.2. The Hall–Kier alpha value is -1.22. The van der Waals surface area contributed by atoms with E-state index in [0.29, 0.717) is 0 Å². The monoisotopic (exact) mass is 251 g/mol. The van der Waals surface area contributed by atoms with Crippen LogP contribution in [0.2, 0.25) is 0 Å². The second kappa shape index (κ2) is 7.27. The van der Waals surface area contributed by atoms with Crippen molar-refractivity contribution in [1.82, 2.24) is 4.90 Å². The predicted octanol–water partition coefficient (Wildman–Crippen LogP) is 2.98. The van der Waals surface area contributed by atoms with E-state index < -0.39 is 0 Å². The summed E-state index contributed by atoms with van der Waals surface area (Å²) in [5.41, 5.74) is 1.30. The molecule has 1 aromatic carbocycles. The molecule has 1 aromatic rings. The Morgan fingerprint density at radius 2 is 1.89 bits per heavy atom. The zero-order valence-electron chi connectivity index (χ0n) is 12.2. The first kappa shape index (κ1) is 14.8. The first-order chi connectivity index (χ1) is 8.52. The van der Waals surface area contributed by atoms with Crippen molar-refractivity contribution in [2.75, 3.05) is 27.7 Å². The topological polar surface area (TPSA) is 21.7 Å². The summed E-state index contributed by atoms with van der Waals surface area (Å²) in [7, 11) is 5.88. The van der Waals surface area contributed by atoms with Gasteiger partial charge in [0.25, 0.3) is 0 Å². The molecule has 0 spiro atoms. The minimum absolute atomic E-state index is 0.165. The van der Waals surface area contributed by atoms with Gasteiger partial charge >= 0.3 is 0 Å². The molecule has 0 N–H and O–H groups in total. The van der Waals surface area contributed by atoms with Gasteiger partial charge in [-0.1, -0.05) is 6.07 Å². The molecule has 0 amide bonds. The Morgan fingerprint density at radius 3 is 2.44 bits per heavy atom. The molecule has 0 saturated carbocycles. The summed E-state index contributed by atoms with van der Waals surface area (Å²) in [5.74, 6) is 1.65. The third-order valence-electron chi connectivity index (χ3n) is 2.66. The fraction of sp³-hybridized carbons (Fsp3) is 0.600. The van der Waals surface area contributed by atoms with Gasteiger partial charge < -0.3 is 14.4 Å². The molecular weight excluding hydrogens is 226 g/mol. The van der Waals surface area contributed by atoms with E-state index in [1.54, 1.807) is 7.11 Å². The summed E-state index contributed by atoms with van der Waals surface area (Å²) in [5, 5.41) is 0. The third-order valence-corrected chi connectivity index (χ3v) is 2.66. The van der Waals surface area contributed by atoms with Crippen LogP contribution in [0.1, 0.15) is 25.8 Å². The van der Waals surface area contributed by atoms with E-state index >= 15 is 0 Å². The van der Waals surface area contributed by atoms with Crippen molar-refractivity contribution in [2.45, 2.75) is 32.8 Å². The summed E-state index contributed by atoms with van der Waals surface area (Å²) in [6.07, 6.45) is 2.38. The molecule has 0 atom stereocenters. The zero-order chi connectivity index (χ0) is 13.5. The quantitative estimate of drug-likeness (QED) is 0.743. The highest BCUT2D eigenvalue weighted by molar-refractivity contribution is 5.43.